The zero-order chi connectivity index (χ0) is 14.7. The number of aryl methyl sites for hydroxylation is 1. The van der Waals surface area contributed by atoms with Crippen LogP contribution in [0.25, 0.3) is 0 Å². The second-order valence-electron chi connectivity index (χ2n) is 4.62. The third-order valence-corrected chi connectivity index (χ3v) is 4.17. The van der Waals surface area contributed by atoms with Crippen LogP contribution in [0.1, 0.15) is 34.9 Å². The Kier molecular flexibility index (Phi) is 4.86. The summed E-state index contributed by atoms with van der Waals surface area (Å²) in [5.41, 5.74) is 2.09. The van der Waals surface area contributed by atoms with Gasteiger partial charge < -0.3 is 0 Å². The van der Waals surface area contributed by atoms with Gasteiger partial charge in [-0.3, -0.25) is 0 Å². The highest BCUT2D eigenvalue weighted by Gasteiger charge is 2.20. The van der Waals surface area contributed by atoms with Crippen molar-refractivity contribution in [1.82, 2.24) is 0 Å². The number of hydrogen-bond acceptors (Lipinski definition) is 0. The van der Waals surface area contributed by atoms with Crippen molar-refractivity contribution in [2.75, 3.05) is 0 Å². The van der Waals surface area contributed by atoms with Crippen molar-refractivity contribution < 1.29 is 13.2 Å². The van der Waals surface area contributed by atoms with Gasteiger partial charge in [-0.15, -0.1) is 0 Å². The summed E-state index contributed by atoms with van der Waals surface area (Å²) in [5, 5.41) is 0. The maximum Gasteiger partial charge on any atom is 0.194 e. The molecule has 0 heterocycles. The number of halogens is 4. The molecule has 4 heteroatoms. The molecule has 2 aromatic rings. The lowest BCUT2D eigenvalue weighted by atomic mass is 10.0. The predicted molar refractivity (Wildman–Crippen MR) is 77.5 cm³/mol. The van der Waals surface area contributed by atoms with E-state index >= 15 is 0 Å². The average molecular weight is 343 g/mol. The van der Waals surface area contributed by atoms with E-state index in [1.807, 2.05) is 24.3 Å². The van der Waals surface area contributed by atoms with Crippen molar-refractivity contribution in [3.05, 3.63) is 70.5 Å². The molecule has 0 bridgehead atoms. The Labute approximate surface area is 124 Å². The summed E-state index contributed by atoms with van der Waals surface area (Å²) in [6.45, 7) is 2.10. The van der Waals surface area contributed by atoms with Crippen molar-refractivity contribution in [3.63, 3.8) is 0 Å². The van der Waals surface area contributed by atoms with Gasteiger partial charge in [-0.25, -0.2) is 13.2 Å². The van der Waals surface area contributed by atoms with Crippen molar-refractivity contribution in [2.24, 2.45) is 0 Å². The average Bonchev–Trinajstić information content (AvgIpc) is 2.45. The van der Waals surface area contributed by atoms with Crippen molar-refractivity contribution >= 4 is 15.9 Å². The Morgan fingerprint density at radius 2 is 1.60 bits per heavy atom. The highest BCUT2D eigenvalue weighted by Crippen LogP contribution is 2.33. The van der Waals surface area contributed by atoms with Gasteiger partial charge in [-0.1, -0.05) is 59.6 Å². The van der Waals surface area contributed by atoms with Crippen molar-refractivity contribution in [1.29, 1.82) is 0 Å². The summed E-state index contributed by atoms with van der Waals surface area (Å²) < 4.78 is 39.9. The highest BCUT2D eigenvalue weighted by atomic mass is 79.9. The normalized spacial score (nSPS) is 12.4. The molecular weight excluding hydrogens is 329 g/mol. The van der Waals surface area contributed by atoms with Crippen LogP contribution in [0.15, 0.2) is 36.4 Å². The Bertz CT molecular complexity index is 593. The fraction of sp³-hybridized carbons (Fsp3) is 0.250. The quantitative estimate of drug-likeness (QED) is 0.505. The first kappa shape index (κ1) is 15.1. The third-order valence-electron chi connectivity index (χ3n) is 3.15. The Hall–Kier alpha value is -1.29. The topological polar surface area (TPSA) is 0 Å². The van der Waals surface area contributed by atoms with Crippen LogP contribution in [-0.4, -0.2) is 0 Å². The molecule has 0 amide bonds. The summed E-state index contributed by atoms with van der Waals surface area (Å²) in [6.07, 6.45) is 2.03. The maximum absolute atomic E-state index is 13.8. The first-order valence-corrected chi connectivity index (χ1v) is 7.32. The lowest BCUT2D eigenvalue weighted by Gasteiger charge is -2.13. The standard InChI is InChI=1S/C16H14BrF3/c1-2-3-10-4-6-11(7-5-10)14(17)12-8-9-13(18)16(20)15(12)19/h4-9,14H,2-3H2,1H3. The zero-order valence-corrected chi connectivity index (χ0v) is 12.6. The summed E-state index contributed by atoms with van der Waals surface area (Å²) in [7, 11) is 0. The molecule has 0 saturated heterocycles. The van der Waals surface area contributed by atoms with Gasteiger partial charge in [0.25, 0.3) is 0 Å². The van der Waals surface area contributed by atoms with E-state index in [1.165, 1.54) is 11.6 Å². The van der Waals surface area contributed by atoms with Crippen LogP contribution in [0.4, 0.5) is 13.2 Å². The largest absolute Gasteiger partial charge is 0.204 e. The van der Waals surface area contributed by atoms with E-state index in [0.717, 1.165) is 24.5 Å². The summed E-state index contributed by atoms with van der Waals surface area (Å²) in [5.74, 6) is -3.76. The minimum absolute atomic E-state index is 0.0899. The Morgan fingerprint density at radius 3 is 2.20 bits per heavy atom. The monoisotopic (exact) mass is 342 g/mol. The molecule has 106 valence electrons. The van der Waals surface area contributed by atoms with Crippen LogP contribution in [0, 0.1) is 17.5 Å². The molecule has 0 N–H and O–H groups in total. The Balaban J connectivity index is 2.31. The Morgan fingerprint density at radius 1 is 0.950 bits per heavy atom. The number of benzene rings is 2. The molecule has 0 aromatic heterocycles. The third kappa shape index (κ3) is 3.06. The van der Waals surface area contributed by atoms with Gasteiger partial charge in [0, 0.05) is 5.56 Å². The van der Waals surface area contributed by atoms with Crippen molar-refractivity contribution in [3.8, 4) is 0 Å². The van der Waals surface area contributed by atoms with Gasteiger partial charge >= 0.3 is 0 Å². The van der Waals surface area contributed by atoms with Gasteiger partial charge in [0.15, 0.2) is 17.5 Å². The van der Waals surface area contributed by atoms with Gasteiger partial charge in [0.05, 0.1) is 4.83 Å². The second kappa shape index (κ2) is 6.44. The summed E-state index contributed by atoms with van der Waals surface area (Å²) >= 11 is 3.34. The minimum atomic E-state index is -1.44. The lowest BCUT2D eigenvalue weighted by Crippen LogP contribution is -2.01. The fourth-order valence-electron chi connectivity index (χ4n) is 2.06. The van der Waals surface area contributed by atoms with Crippen LogP contribution < -0.4 is 0 Å². The van der Waals surface area contributed by atoms with Gasteiger partial charge in [-0.2, -0.15) is 0 Å². The van der Waals surface area contributed by atoms with Crippen LogP contribution in [-0.2, 0) is 6.42 Å². The minimum Gasteiger partial charge on any atom is -0.204 e. The molecule has 1 atom stereocenters. The zero-order valence-electron chi connectivity index (χ0n) is 11.0. The summed E-state index contributed by atoms with van der Waals surface area (Å²) in [6, 6.07) is 9.85. The van der Waals surface area contributed by atoms with Gasteiger partial charge in [0.2, 0.25) is 0 Å². The molecule has 0 fully saturated rings. The SMILES string of the molecule is CCCc1ccc(C(Br)c2ccc(F)c(F)c2F)cc1. The molecule has 0 nitrogen and oxygen atoms in total. The smallest absolute Gasteiger partial charge is 0.194 e. The maximum atomic E-state index is 13.8. The fourth-order valence-corrected chi connectivity index (χ4v) is 2.72. The lowest BCUT2D eigenvalue weighted by molar-refractivity contribution is 0.442. The molecule has 1 unspecified atom stereocenters. The van der Waals surface area contributed by atoms with Crippen LogP contribution in [0.2, 0.25) is 0 Å². The molecule has 2 aromatic carbocycles. The summed E-state index contributed by atoms with van der Waals surface area (Å²) in [4.78, 5) is -0.506. The molecule has 0 aliphatic heterocycles. The highest BCUT2D eigenvalue weighted by molar-refractivity contribution is 9.09. The van der Waals surface area contributed by atoms with Gasteiger partial charge in [-0.05, 0) is 23.6 Å². The van der Waals surface area contributed by atoms with E-state index in [9.17, 15) is 13.2 Å². The first-order valence-electron chi connectivity index (χ1n) is 6.41. The first-order chi connectivity index (χ1) is 9.54. The van der Waals surface area contributed by atoms with E-state index in [1.54, 1.807) is 0 Å². The molecule has 2 rings (SSSR count). The predicted octanol–water partition coefficient (Wildman–Crippen LogP) is 5.54. The van der Waals surface area contributed by atoms with E-state index < -0.39 is 22.3 Å². The molecule has 20 heavy (non-hydrogen) atoms. The van der Waals surface area contributed by atoms with E-state index in [4.69, 9.17) is 0 Å². The number of hydrogen-bond donors (Lipinski definition) is 0. The second-order valence-corrected chi connectivity index (χ2v) is 5.53. The molecule has 0 aliphatic rings. The molecule has 0 spiro atoms. The molecule has 0 radical (unpaired) electrons. The van der Waals surface area contributed by atoms with E-state index in [2.05, 4.69) is 22.9 Å². The number of alkyl halides is 1. The van der Waals surface area contributed by atoms with Crippen LogP contribution in [0.3, 0.4) is 0 Å². The molecule has 0 aliphatic carbocycles. The van der Waals surface area contributed by atoms with Gasteiger partial charge in [0.1, 0.15) is 0 Å². The molecule has 0 saturated carbocycles. The van der Waals surface area contributed by atoms with Crippen LogP contribution >= 0.6 is 15.9 Å². The molecular formula is C16H14BrF3. The van der Waals surface area contributed by atoms with Crippen LogP contribution in [0.5, 0.6) is 0 Å². The number of rotatable bonds is 4. The van der Waals surface area contributed by atoms with E-state index in [0.29, 0.717) is 0 Å². The van der Waals surface area contributed by atoms with Crippen molar-refractivity contribution in [2.45, 2.75) is 24.6 Å². The van der Waals surface area contributed by atoms with E-state index in [-0.39, 0.29) is 5.56 Å².